The van der Waals surface area contributed by atoms with Crippen LogP contribution in [0.15, 0.2) is 17.2 Å². The molecule has 1 aliphatic carbocycles. The summed E-state index contributed by atoms with van der Waals surface area (Å²) in [6.45, 7) is 8.12. The highest BCUT2D eigenvalue weighted by atomic mass is 32.2. The molecule has 21 heavy (non-hydrogen) atoms. The van der Waals surface area contributed by atoms with Crippen LogP contribution in [0.25, 0.3) is 0 Å². The van der Waals surface area contributed by atoms with E-state index in [1.54, 1.807) is 11.8 Å². The van der Waals surface area contributed by atoms with Gasteiger partial charge >= 0.3 is 0 Å². The van der Waals surface area contributed by atoms with Crippen LogP contribution < -0.4 is 11.1 Å². The van der Waals surface area contributed by atoms with Crippen molar-refractivity contribution in [1.82, 2.24) is 10.3 Å². The van der Waals surface area contributed by atoms with E-state index in [-0.39, 0.29) is 11.2 Å². The van der Waals surface area contributed by atoms with Gasteiger partial charge in [-0.25, -0.2) is 4.98 Å². The Morgan fingerprint density at radius 3 is 2.71 bits per heavy atom. The zero-order valence-corrected chi connectivity index (χ0v) is 14.1. The van der Waals surface area contributed by atoms with Crippen LogP contribution >= 0.6 is 11.8 Å². The molecular weight excluding hydrogens is 282 g/mol. The molecular formula is C16H25N3OS. The second kappa shape index (κ2) is 6.36. The van der Waals surface area contributed by atoms with Crippen molar-refractivity contribution in [2.24, 2.45) is 5.73 Å². The summed E-state index contributed by atoms with van der Waals surface area (Å²) < 4.78 is 0. The second-order valence-electron chi connectivity index (χ2n) is 6.37. The Kier molecular flexibility index (Phi) is 4.94. The number of primary amides is 1. The first-order valence-corrected chi connectivity index (χ1v) is 8.36. The predicted molar refractivity (Wildman–Crippen MR) is 87.4 cm³/mol. The molecule has 2 atom stereocenters. The van der Waals surface area contributed by atoms with Crippen molar-refractivity contribution >= 4 is 17.7 Å². The first kappa shape index (κ1) is 16.3. The van der Waals surface area contributed by atoms with Gasteiger partial charge in [0, 0.05) is 17.0 Å². The average Bonchev–Trinajstić information content (AvgIpc) is 3.10. The molecule has 5 heteroatoms. The molecule has 0 spiro atoms. The van der Waals surface area contributed by atoms with Gasteiger partial charge in [0.15, 0.2) is 0 Å². The number of hydrogen-bond donors (Lipinski definition) is 2. The second-order valence-corrected chi connectivity index (χ2v) is 7.83. The van der Waals surface area contributed by atoms with Gasteiger partial charge in [0.25, 0.3) is 0 Å². The normalized spacial score (nSPS) is 19.0. The SMILES string of the molecule is Cc1cc(C)nc(SC(C)CC(C)(NC2CC2)C(N)=O)c1. The quantitative estimate of drug-likeness (QED) is 0.760. The molecule has 3 N–H and O–H groups in total. The summed E-state index contributed by atoms with van der Waals surface area (Å²) >= 11 is 1.70. The van der Waals surface area contributed by atoms with Gasteiger partial charge in [-0.05, 0) is 57.7 Å². The molecule has 0 aromatic carbocycles. The minimum atomic E-state index is -0.632. The van der Waals surface area contributed by atoms with E-state index in [2.05, 4.69) is 36.3 Å². The summed E-state index contributed by atoms with van der Waals surface area (Å²) in [4.78, 5) is 16.4. The number of pyridine rings is 1. The van der Waals surface area contributed by atoms with Gasteiger partial charge in [-0.2, -0.15) is 0 Å². The minimum Gasteiger partial charge on any atom is -0.368 e. The lowest BCUT2D eigenvalue weighted by molar-refractivity contribution is -0.124. The lowest BCUT2D eigenvalue weighted by atomic mass is 9.95. The maximum atomic E-state index is 11.8. The third-order valence-corrected chi connectivity index (χ3v) is 4.76. The summed E-state index contributed by atoms with van der Waals surface area (Å²) in [5.74, 6) is -0.268. The fourth-order valence-corrected chi connectivity index (χ4v) is 3.88. The standard InChI is InChI=1S/C16H25N3OS/c1-10-7-11(2)18-14(8-10)21-12(3)9-16(4,15(17)20)19-13-5-6-13/h7-8,12-13,19H,5-6,9H2,1-4H3,(H2,17,20). The van der Waals surface area contributed by atoms with Gasteiger partial charge in [-0.15, -0.1) is 11.8 Å². The lowest BCUT2D eigenvalue weighted by Crippen LogP contribution is -2.55. The van der Waals surface area contributed by atoms with Crippen molar-refractivity contribution in [1.29, 1.82) is 0 Å². The van der Waals surface area contributed by atoms with Gasteiger partial charge in [-0.1, -0.05) is 6.92 Å². The van der Waals surface area contributed by atoms with E-state index in [1.807, 2.05) is 13.8 Å². The van der Waals surface area contributed by atoms with Gasteiger partial charge in [-0.3, -0.25) is 4.79 Å². The average molecular weight is 307 g/mol. The molecule has 1 amide bonds. The summed E-state index contributed by atoms with van der Waals surface area (Å²) in [5.41, 5.74) is 7.22. The number of aromatic nitrogens is 1. The molecule has 0 bridgehead atoms. The maximum Gasteiger partial charge on any atom is 0.237 e. The highest BCUT2D eigenvalue weighted by Crippen LogP contribution is 2.30. The van der Waals surface area contributed by atoms with Gasteiger partial charge in [0.2, 0.25) is 5.91 Å². The molecule has 0 aliphatic heterocycles. The fourth-order valence-electron chi connectivity index (χ4n) is 2.60. The number of carbonyl (C=O) groups is 1. The summed E-state index contributed by atoms with van der Waals surface area (Å²) in [6, 6.07) is 4.61. The highest BCUT2D eigenvalue weighted by Gasteiger charge is 2.38. The van der Waals surface area contributed by atoms with Crippen molar-refractivity contribution in [3.8, 4) is 0 Å². The monoisotopic (exact) mass is 307 g/mol. The molecule has 1 fully saturated rings. The van der Waals surface area contributed by atoms with Crippen LogP contribution in [0.5, 0.6) is 0 Å². The Balaban J connectivity index is 2.01. The minimum absolute atomic E-state index is 0.266. The van der Waals surface area contributed by atoms with Crippen LogP contribution in [0.4, 0.5) is 0 Å². The lowest BCUT2D eigenvalue weighted by Gasteiger charge is -2.30. The smallest absolute Gasteiger partial charge is 0.237 e. The largest absolute Gasteiger partial charge is 0.368 e. The zero-order chi connectivity index (χ0) is 15.6. The van der Waals surface area contributed by atoms with Crippen LogP contribution in [0.2, 0.25) is 0 Å². The first-order chi connectivity index (χ1) is 9.78. The fraction of sp³-hybridized carbons (Fsp3) is 0.625. The number of nitrogens with one attached hydrogen (secondary N) is 1. The molecule has 1 aliphatic rings. The third-order valence-electron chi connectivity index (χ3n) is 3.74. The molecule has 4 nitrogen and oxygen atoms in total. The van der Waals surface area contributed by atoms with E-state index < -0.39 is 5.54 Å². The summed E-state index contributed by atoms with van der Waals surface area (Å²) in [6.07, 6.45) is 2.99. The van der Waals surface area contributed by atoms with Gasteiger partial charge in [0.05, 0.1) is 10.6 Å². The molecule has 1 heterocycles. The van der Waals surface area contributed by atoms with E-state index in [0.717, 1.165) is 23.6 Å². The molecule has 116 valence electrons. The Labute approximate surface area is 131 Å². The van der Waals surface area contributed by atoms with E-state index in [4.69, 9.17) is 5.73 Å². The molecule has 2 unspecified atom stereocenters. The van der Waals surface area contributed by atoms with Crippen LogP contribution in [-0.4, -0.2) is 27.7 Å². The van der Waals surface area contributed by atoms with Crippen molar-refractivity contribution in [2.75, 3.05) is 0 Å². The topological polar surface area (TPSA) is 68.0 Å². The molecule has 1 saturated carbocycles. The molecule has 0 radical (unpaired) electrons. The van der Waals surface area contributed by atoms with Crippen LogP contribution in [0.1, 0.15) is 44.4 Å². The number of rotatable bonds is 7. The summed E-state index contributed by atoms with van der Waals surface area (Å²) in [5, 5.41) is 4.68. The van der Waals surface area contributed by atoms with Gasteiger partial charge < -0.3 is 11.1 Å². The van der Waals surface area contributed by atoms with Crippen molar-refractivity contribution in [3.05, 3.63) is 23.4 Å². The van der Waals surface area contributed by atoms with E-state index in [9.17, 15) is 4.79 Å². The number of thioether (sulfide) groups is 1. The number of carbonyl (C=O) groups excluding carboxylic acids is 1. The van der Waals surface area contributed by atoms with Crippen LogP contribution in [0, 0.1) is 13.8 Å². The number of nitrogens with zero attached hydrogens (tertiary/aromatic N) is 1. The maximum absolute atomic E-state index is 11.8. The zero-order valence-electron chi connectivity index (χ0n) is 13.3. The van der Waals surface area contributed by atoms with Crippen LogP contribution in [-0.2, 0) is 4.79 Å². The van der Waals surface area contributed by atoms with E-state index in [1.165, 1.54) is 5.56 Å². The Morgan fingerprint density at radius 2 is 2.19 bits per heavy atom. The molecule has 2 rings (SSSR count). The number of amides is 1. The van der Waals surface area contributed by atoms with Crippen molar-refractivity contribution < 1.29 is 4.79 Å². The van der Waals surface area contributed by atoms with Gasteiger partial charge in [0.1, 0.15) is 0 Å². The van der Waals surface area contributed by atoms with Crippen molar-refractivity contribution in [2.45, 2.75) is 68.8 Å². The number of hydrogen-bond acceptors (Lipinski definition) is 4. The van der Waals surface area contributed by atoms with E-state index in [0.29, 0.717) is 12.5 Å². The Bertz CT molecular complexity index is 510. The highest BCUT2D eigenvalue weighted by molar-refractivity contribution is 7.99. The Morgan fingerprint density at radius 1 is 1.52 bits per heavy atom. The molecule has 0 saturated heterocycles. The third kappa shape index (κ3) is 4.71. The summed E-state index contributed by atoms with van der Waals surface area (Å²) in [7, 11) is 0. The number of nitrogens with two attached hydrogens (primary N) is 1. The van der Waals surface area contributed by atoms with Crippen molar-refractivity contribution in [3.63, 3.8) is 0 Å². The Hall–Kier alpha value is -1.07. The number of aryl methyl sites for hydroxylation is 2. The van der Waals surface area contributed by atoms with E-state index >= 15 is 0 Å². The van der Waals surface area contributed by atoms with Crippen LogP contribution in [0.3, 0.4) is 0 Å². The molecule has 1 aromatic rings. The predicted octanol–water partition coefficient (Wildman–Crippen LogP) is 2.57. The molecule has 1 aromatic heterocycles. The first-order valence-electron chi connectivity index (χ1n) is 7.48.